The summed E-state index contributed by atoms with van der Waals surface area (Å²) in [5.41, 5.74) is -3.16. The van der Waals surface area contributed by atoms with Crippen LogP contribution in [0, 0.1) is 17.2 Å². The Balaban J connectivity index is 0.000000532. The van der Waals surface area contributed by atoms with Gasteiger partial charge in [0.1, 0.15) is 22.8 Å². The third-order valence-corrected chi connectivity index (χ3v) is 6.79. The molecule has 0 aliphatic heterocycles. The van der Waals surface area contributed by atoms with Crippen LogP contribution in [0.2, 0.25) is 0 Å². The standard InChI is InChI=1S/C22H21N3O7.F6P/c1-8(26)14-19(29)17(25(2)3)11-7-9-6-10-12(24-23)4-5-13(27)16(10)18(28)15(9)21(31)22(11,32)20(14)30;1-7(2,3,4,5)6/h4-5,9,11,17,32H,6-7H2,1-3H3,(H2-,26,27,28,29,30,31);/q;-1/p+1/t9?,11?,17-,22+;/m0./s1. The first-order chi connectivity index (χ1) is 17.4. The number of halogens is 6. The third-order valence-electron chi connectivity index (χ3n) is 6.79. The fraction of sp³-hybridized carbons (Fsp3) is 0.409. The number of nitrogens with zero attached hydrogens (tertiary/aromatic N) is 3. The summed E-state index contributed by atoms with van der Waals surface area (Å²) in [5.74, 6) is -6.29. The maximum absolute atomic E-state index is 13.6. The van der Waals surface area contributed by atoms with Gasteiger partial charge in [0.15, 0.2) is 22.1 Å². The molecule has 1 fully saturated rings. The van der Waals surface area contributed by atoms with Gasteiger partial charge >= 0.3 is 38.7 Å². The first kappa shape index (κ1) is 30.0. The quantitative estimate of drug-likeness (QED) is 0.163. The first-order valence-electron chi connectivity index (χ1n) is 11.0. The summed E-state index contributed by atoms with van der Waals surface area (Å²) in [6, 6.07) is 1.48. The topological polar surface area (TPSA) is 164 Å². The van der Waals surface area contributed by atoms with Crippen molar-refractivity contribution in [3.63, 3.8) is 0 Å². The van der Waals surface area contributed by atoms with E-state index < -0.39 is 65.7 Å². The molecule has 17 heteroatoms. The van der Waals surface area contributed by atoms with Gasteiger partial charge in [-0.25, -0.2) is 0 Å². The number of aliphatic hydroxyl groups is 3. The molecule has 0 radical (unpaired) electrons. The van der Waals surface area contributed by atoms with Crippen molar-refractivity contribution in [2.45, 2.75) is 31.4 Å². The van der Waals surface area contributed by atoms with Crippen LogP contribution >= 0.6 is 7.81 Å². The van der Waals surface area contributed by atoms with E-state index in [1.165, 1.54) is 17.0 Å². The van der Waals surface area contributed by atoms with Gasteiger partial charge in [0, 0.05) is 17.6 Å². The summed E-state index contributed by atoms with van der Waals surface area (Å²) in [4.78, 5) is 43.4. The fourth-order valence-electron chi connectivity index (χ4n) is 5.42. The third kappa shape index (κ3) is 5.47. The van der Waals surface area contributed by atoms with E-state index in [0.717, 1.165) is 6.92 Å². The molecular weight excluding hydrogens is 563 g/mol. The molecule has 214 valence electrons. The van der Waals surface area contributed by atoms with Gasteiger partial charge in [-0.1, -0.05) is 0 Å². The Morgan fingerprint density at radius 1 is 1.10 bits per heavy atom. The summed E-state index contributed by atoms with van der Waals surface area (Å²) in [7, 11) is -7.53. The summed E-state index contributed by atoms with van der Waals surface area (Å²) in [6.45, 7) is 1.06. The zero-order valence-corrected chi connectivity index (χ0v) is 21.3. The molecule has 4 atom stereocenters. The molecule has 4 rings (SSSR count). The van der Waals surface area contributed by atoms with Gasteiger partial charge < -0.3 is 20.4 Å². The average Bonchev–Trinajstić information content (AvgIpc) is 2.74. The number of benzene rings is 1. The van der Waals surface area contributed by atoms with Crippen molar-refractivity contribution in [3.05, 3.63) is 45.1 Å². The number of carbonyl (C=O) groups excluding carboxylic acids is 3. The van der Waals surface area contributed by atoms with Crippen LogP contribution in [0.3, 0.4) is 0 Å². The Morgan fingerprint density at radius 3 is 2.10 bits per heavy atom. The second-order valence-electron chi connectivity index (χ2n) is 9.67. The molecule has 1 aromatic rings. The summed E-state index contributed by atoms with van der Waals surface area (Å²) in [5, 5.41) is 52.9. The van der Waals surface area contributed by atoms with Crippen molar-refractivity contribution in [2.75, 3.05) is 14.1 Å². The van der Waals surface area contributed by atoms with Crippen LogP contribution in [-0.4, -0.2) is 68.4 Å². The molecule has 0 spiro atoms. The van der Waals surface area contributed by atoms with Crippen LogP contribution in [-0.2, 0) is 20.8 Å². The molecule has 4 N–H and O–H groups in total. The van der Waals surface area contributed by atoms with Gasteiger partial charge in [-0.3, -0.25) is 19.3 Å². The van der Waals surface area contributed by atoms with Crippen molar-refractivity contribution in [2.24, 2.45) is 11.8 Å². The maximum atomic E-state index is 13.6. The summed E-state index contributed by atoms with van der Waals surface area (Å²) >= 11 is 0. The number of carbonyl (C=O) groups is 3. The molecule has 0 heterocycles. The monoisotopic (exact) mass is 585 g/mol. The molecule has 0 bridgehead atoms. The number of ketones is 3. The van der Waals surface area contributed by atoms with Crippen LogP contribution in [0.4, 0.5) is 30.9 Å². The molecule has 1 saturated carbocycles. The summed E-state index contributed by atoms with van der Waals surface area (Å²) < 4.78 is 59.2. The number of phenols is 1. The number of diazo groups is 1. The van der Waals surface area contributed by atoms with Crippen molar-refractivity contribution >= 4 is 36.6 Å². The number of rotatable bonds is 2. The molecule has 1 aromatic carbocycles. The Morgan fingerprint density at radius 2 is 1.64 bits per heavy atom. The number of hydrogen-bond donors (Lipinski definition) is 4. The molecule has 39 heavy (non-hydrogen) atoms. The van der Waals surface area contributed by atoms with Gasteiger partial charge in [-0.2, -0.15) is 0 Å². The molecule has 0 aromatic heterocycles. The number of aliphatic hydroxyl groups excluding tert-OH is 2. The minimum absolute atomic E-state index is 0.00539. The van der Waals surface area contributed by atoms with E-state index in [4.69, 9.17) is 0 Å². The fourth-order valence-corrected chi connectivity index (χ4v) is 5.42. The molecule has 3 aliphatic carbocycles. The van der Waals surface area contributed by atoms with E-state index in [2.05, 4.69) is 4.98 Å². The van der Waals surface area contributed by atoms with Crippen LogP contribution < -0.4 is 0 Å². The second kappa shape index (κ2) is 8.48. The average molecular weight is 585 g/mol. The molecule has 0 amide bonds. The molecule has 3 aliphatic rings. The van der Waals surface area contributed by atoms with Gasteiger partial charge in [-0.15, -0.1) is 0 Å². The number of hydrogen-bond acceptors (Lipinski definition) is 9. The second-order valence-corrected chi connectivity index (χ2v) is 11.6. The first-order valence-corrected chi connectivity index (χ1v) is 13.1. The van der Waals surface area contributed by atoms with Gasteiger partial charge in [0.25, 0.3) is 0 Å². The molecule has 0 saturated heterocycles. The van der Waals surface area contributed by atoms with Crippen LogP contribution in [0.25, 0.3) is 10.7 Å². The van der Waals surface area contributed by atoms with Gasteiger partial charge in [-0.05, 0) is 45.8 Å². The van der Waals surface area contributed by atoms with Crippen molar-refractivity contribution < 1.29 is 60.0 Å². The number of phenolic OH excluding ortho intramolecular Hbond substituents is 1. The molecule has 10 nitrogen and oxygen atoms in total. The molecule has 2 unspecified atom stereocenters. The number of Topliss-reactive ketones (excluding diaryl/α,β-unsaturated/α-hetero) is 3. The van der Waals surface area contributed by atoms with Crippen molar-refractivity contribution in [3.8, 4) is 5.75 Å². The Kier molecular flexibility index (Phi) is 6.52. The van der Waals surface area contributed by atoms with E-state index >= 15 is 0 Å². The van der Waals surface area contributed by atoms with Gasteiger partial charge in [0.2, 0.25) is 11.2 Å². The Bertz CT molecular complexity index is 1420. The molecular formula is C22H22F6N3O7P. The van der Waals surface area contributed by atoms with E-state index in [-0.39, 0.29) is 35.4 Å². The normalized spacial score (nSPS) is 28.3. The number of aromatic hydroxyl groups is 1. The van der Waals surface area contributed by atoms with Crippen LogP contribution in [0.1, 0.15) is 24.5 Å². The summed E-state index contributed by atoms with van der Waals surface area (Å²) in [6.07, 6.45) is 0.0879. The predicted molar refractivity (Wildman–Crippen MR) is 124 cm³/mol. The van der Waals surface area contributed by atoms with E-state index in [1.807, 2.05) is 0 Å². The Hall–Kier alpha value is -3.54. The zero-order chi connectivity index (χ0) is 30.1. The minimum atomic E-state index is -10.7. The van der Waals surface area contributed by atoms with Crippen molar-refractivity contribution in [1.29, 1.82) is 5.39 Å². The van der Waals surface area contributed by atoms with E-state index in [0.29, 0.717) is 5.56 Å². The van der Waals surface area contributed by atoms with Crippen LogP contribution in [0.5, 0.6) is 5.75 Å². The van der Waals surface area contributed by atoms with Gasteiger partial charge in [0.05, 0.1) is 17.2 Å². The van der Waals surface area contributed by atoms with Crippen LogP contribution in [0.15, 0.2) is 29.0 Å². The number of likely N-dealkylation sites (N-methyl/N-ethyl adjacent to an activating group) is 1. The Labute approximate surface area is 215 Å². The SMILES string of the molecule is CC(=O)C1=C(O)[C@@]2(O)C(=O)C3=C(O)c4c(O)ccc([N+]#N)c4CC3CC2[C@H](N(C)C)C1=O.F[P-](F)(F)(F)(F)F. The number of fused-ring (bicyclic) bond motifs is 3. The zero-order valence-electron chi connectivity index (χ0n) is 20.4. The van der Waals surface area contributed by atoms with Crippen molar-refractivity contribution in [1.82, 2.24) is 4.90 Å². The predicted octanol–water partition coefficient (Wildman–Crippen LogP) is 4.93. The van der Waals surface area contributed by atoms with E-state index in [9.17, 15) is 65.4 Å². The van der Waals surface area contributed by atoms with E-state index in [1.54, 1.807) is 14.1 Å².